The number of amides is 2. The van der Waals surface area contributed by atoms with E-state index in [1.807, 2.05) is 28.9 Å². The van der Waals surface area contributed by atoms with Gasteiger partial charge in [0.1, 0.15) is 0 Å². The van der Waals surface area contributed by atoms with Gasteiger partial charge in [0.25, 0.3) is 0 Å². The Morgan fingerprint density at radius 3 is 1.64 bits per heavy atom. The van der Waals surface area contributed by atoms with Crippen molar-refractivity contribution in [3.05, 3.63) is 106 Å². The molecule has 2 aliphatic carbocycles. The van der Waals surface area contributed by atoms with Crippen LogP contribution in [0.1, 0.15) is 73.9 Å². The van der Waals surface area contributed by atoms with Crippen LogP contribution in [0.5, 0.6) is 0 Å². The molecule has 4 heterocycles. The van der Waals surface area contributed by atoms with Crippen molar-refractivity contribution < 1.29 is 29.0 Å². The fourth-order valence-electron chi connectivity index (χ4n) is 7.19. The van der Waals surface area contributed by atoms with Gasteiger partial charge in [0.15, 0.2) is 0 Å². The van der Waals surface area contributed by atoms with Crippen molar-refractivity contribution >= 4 is 23.8 Å². The van der Waals surface area contributed by atoms with Crippen molar-refractivity contribution in [1.82, 2.24) is 29.4 Å². The maximum absolute atomic E-state index is 12.1. The Hall–Kier alpha value is -5.26. The van der Waals surface area contributed by atoms with Crippen LogP contribution in [0, 0.1) is 37.5 Å². The Kier molecular flexibility index (Phi) is 9.02. The molecule has 1 N–H and O–H groups in total. The van der Waals surface area contributed by atoms with Gasteiger partial charge in [-0.05, 0) is 78.8 Å². The Morgan fingerprint density at radius 2 is 1.24 bits per heavy atom. The Bertz CT molecular complexity index is 1960. The molecule has 2 saturated carbocycles. The third-order valence-corrected chi connectivity index (χ3v) is 10.3. The van der Waals surface area contributed by atoms with Crippen LogP contribution in [0.2, 0.25) is 0 Å². The van der Waals surface area contributed by atoms with Gasteiger partial charge >= 0.3 is 11.9 Å². The van der Waals surface area contributed by atoms with Gasteiger partial charge in [-0.3, -0.25) is 19.0 Å². The average molecular weight is 679 g/mol. The number of hydrogen-bond acceptors (Lipinski definition) is 7. The number of nitrogens with zero attached hydrogens (tertiary/aromatic N) is 6. The molecule has 0 radical (unpaired) electrons. The van der Waals surface area contributed by atoms with Gasteiger partial charge in [-0.15, -0.1) is 0 Å². The molecule has 4 unspecified atom stereocenters. The number of rotatable bonds is 11. The van der Waals surface area contributed by atoms with Crippen LogP contribution in [-0.2, 0) is 40.5 Å². The van der Waals surface area contributed by atoms with E-state index >= 15 is 0 Å². The molecule has 4 aromatic rings. The van der Waals surface area contributed by atoms with Crippen molar-refractivity contribution in [3.8, 4) is 0 Å². The number of piperidine rings is 2. The fourth-order valence-corrected chi connectivity index (χ4v) is 7.19. The first kappa shape index (κ1) is 33.2. The molecule has 2 aliphatic heterocycles. The van der Waals surface area contributed by atoms with E-state index in [4.69, 9.17) is 9.84 Å². The molecular formula is C38H42N6O6. The number of aryl methyl sites for hydroxylation is 2. The number of ether oxygens (including phenoxy) is 1. The summed E-state index contributed by atoms with van der Waals surface area (Å²) in [4.78, 5) is 50.8. The smallest absolute Gasteiger partial charge is 0.341 e. The van der Waals surface area contributed by atoms with Crippen LogP contribution in [0.15, 0.2) is 61.2 Å². The average Bonchev–Trinajstić information content (AvgIpc) is 3.79. The highest BCUT2D eigenvalue weighted by molar-refractivity contribution is 5.89. The standard InChI is InChI=1S/C20H23N3O3.C18H19N3O3/c1-3-26-20(25)17-8-21-23(12-17)11-15-5-4-14(6-13(15)2)9-22-10-16-7-18(16)19(22)24;1-11-4-12(7-20-8-14-5-16(14)17(20)22)2-3-13(11)9-21-10-15(6-19-21)18(23)24/h4-6,8,12,16,18H,3,7,9-11H2,1-2H3;2-4,6,10,14,16H,5,7-9H2,1H3,(H,23,24). The maximum Gasteiger partial charge on any atom is 0.341 e. The van der Waals surface area contributed by atoms with Gasteiger partial charge in [-0.2, -0.15) is 10.2 Å². The highest BCUT2D eigenvalue weighted by Crippen LogP contribution is 2.47. The van der Waals surface area contributed by atoms with Gasteiger partial charge in [0.05, 0.1) is 43.2 Å². The first-order valence-electron chi connectivity index (χ1n) is 17.3. The number of fused-ring (bicyclic) bond motifs is 2. The molecule has 0 spiro atoms. The fraction of sp³-hybridized carbons (Fsp3) is 0.421. The van der Waals surface area contributed by atoms with Crippen molar-refractivity contribution in [2.24, 2.45) is 23.7 Å². The van der Waals surface area contributed by atoms with E-state index in [0.29, 0.717) is 73.8 Å². The quantitative estimate of drug-likeness (QED) is 0.232. The lowest BCUT2D eigenvalue weighted by Gasteiger charge is -2.19. The van der Waals surface area contributed by atoms with Crippen LogP contribution in [-0.4, -0.2) is 77.9 Å². The second kappa shape index (κ2) is 13.6. The molecule has 8 rings (SSSR count). The second-order valence-corrected chi connectivity index (χ2v) is 14.0. The lowest BCUT2D eigenvalue weighted by Crippen LogP contribution is -2.27. The first-order chi connectivity index (χ1) is 24.1. The van der Waals surface area contributed by atoms with Gasteiger partial charge in [0.2, 0.25) is 11.8 Å². The van der Waals surface area contributed by atoms with E-state index < -0.39 is 5.97 Å². The molecule has 4 aliphatic rings. The Balaban J connectivity index is 0.000000157. The molecule has 2 saturated heterocycles. The lowest BCUT2D eigenvalue weighted by atomic mass is 10.0. The summed E-state index contributed by atoms with van der Waals surface area (Å²) in [5.74, 6) is 1.12. The van der Waals surface area contributed by atoms with E-state index in [0.717, 1.165) is 59.3 Å². The molecule has 260 valence electrons. The minimum Gasteiger partial charge on any atom is -0.478 e. The number of benzene rings is 2. The number of hydrogen-bond donors (Lipinski definition) is 1. The molecule has 2 amide bonds. The summed E-state index contributed by atoms with van der Waals surface area (Å²) in [6.45, 7) is 10.5. The van der Waals surface area contributed by atoms with E-state index in [1.54, 1.807) is 22.5 Å². The van der Waals surface area contributed by atoms with Gasteiger partial charge in [0, 0.05) is 50.4 Å². The zero-order valence-corrected chi connectivity index (χ0v) is 28.6. The van der Waals surface area contributed by atoms with Gasteiger partial charge in [-0.25, -0.2) is 9.59 Å². The summed E-state index contributed by atoms with van der Waals surface area (Å²) >= 11 is 0. The summed E-state index contributed by atoms with van der Waals surface area (Å²) in [6.07, 6.45) is 8.30. The van der Waals surface area contributed by atoms with Crippen molar-refractivity contribution in [2.75, 3.05) is 19.7 Å². The summed E-state index contributed by atoms with van der Waals surface area (Å²) < 4.78 is 8.36. The number of carboxylic acid groups (broad SMARTS) is 1. The molecule has 4 fully saturated rings. The second-order valence-electron chi connectivity index (χ2n) is 14.0. The number of carbonyl (C=O) groups excluding carboxylic acids is 3. The molecule has 2 aromatic heterocycles. The minimum atomic E-state index is -0.971. The van der Waals surface area contributed by atoms with Crippen LogP contribution >= 0.6 is 0 Å². The van der Waals surface area contributed by atoms with Gasteiger partial charge < -0.3 is 19.6 Å². The minimum absolute atomic E-state index is 0.190. The first-order valence-corrected chi connectivity index (χ1v) is 17.3. The normalized spacial score (nSPS) is 21.4. The number of aromatic nitrogens is 4. The zero-order chi connectivity index (χ0) is 35.1. The SMILES string of the molecule is CCOC(=O)c1cnn(Cc2ccc(CN3CC4CC4C3=O)cc2C)c1.Cc1cc(CN2CC3CC3C2=O)ccc1Cn1cc(C(=O)O)cn1. The van der Waals surface area contributed by atoms with E-state index in [-0.39, 0.29) is 11.5 Å². The van der Waals surface area contributed by atoms with E-state index in [1.165, 1.54) is 18.6 Å². The third kappa shape index (κ3) is 7.19. The van der Waals surface area contributed by atoms with Crippen molar-refractivity contribution in [2.45, 2.75) is 59.8 Å². The zero-order valence-electron chi connectivity index (χ0n) is 28.6. The summed E-state index contributed by atoms with van der Waals surface area (Å²) in [7, 11) is 0. The largest absolute Gasteiger partial charge is 0.478 e. The summed E-state index contributed by atoms with van der Waals surface area (Å²) in [6, 6.07) is 12.5. The number of carboxylic acids is 1. The van der Waals surface area contributed by atoms with E-state index in [2.05, 4.69) is 41.4 Å². The predicted octanol–water partition coefficient (Wildman–Crippen LogP) is 4.31. The number of carbonyl (C=O) groups is 4. The number of esters is 1. The molecular weight excluding hydrogens is 636 g/mol. The predicted molar refractivity (Wildman–Crippen MR) is 182 cm³/mol. The van der Waals surface area contributed by atoms with Crippen LogP contribution in [0.3, 0.4) is 0 Å². The Morgan fingerprint density at radius 1 is 0.760 bits per heavy atom. The Labute approximate surface area is 290 Å². The topological polar surface area (TPSA) is 140 Å². The molecule has 50 heavy (non-hydrogen) atoms. The highest BCUT2D eigenvalue weighted by atomic mass is 16.5. The van der Waals surface area contributed by atoms with Crippen LogP contribution < -0.4 is 0 Å². The monoisotopic (exact) mass is 678 g/mol. The third-order valence-electron chi connectivity index (χ3n) is 10.3. The molecule has 12 nitrogen and oxygen atoms in total. The summed E-state index contributed by atoms with van der Waals surface area (Å²) in [5.41, 5.74) is 7.47. The number of likely N-dealkylation sites (tertiary alicyclic amines) is 2. The molecule has 2 aromatic carbocycles. The number of aromatic carboxylic acids is 1. The maximum atomic E-state index is 12.1. The van der Waals surface area contributed by atoms with Gasteiger partial charge in [-0.1, -0.05) is 36.4 Å². The van der Waals surface area contributed by atoms with E-state index in [9.17, 15) is 19.2 Å². The van der Waals surface area contributed by atoms with Crippen LogP contribution in [0.4, 0.5) is 0 Å². The summed E-state index contributed by atoms with van der Waals surface area (Å²) in [5, 5.41) is 17.3. The molecule has 12 heteroatoms. The van der Waals surface area contributed by atoms with Crippen molar-refractivity contribution in [3.63, 3.8) is 0 Å². The molecule has 0 bridgehead atoms. The molecule has 4 atom stereocenters. The highest BCUT2D eigenvalue weighted by Gasteiger charge is 2.52. The van der Waals surface area contributed by atoms with Crippen LogP contribution in [0.25, 0.3) is 0 Å². The lowest BCUT2D eigenvalue weighted by molar-refractivity contribution is -0.131. The van der Waals surface area contributed by atoms with Crippen molar-refractivity contribution in [1.29, 1.82) is 0 Å².